The second kappa shape index (κ2) is 5.14. The molecule has 0 spiro atoms. The van der Waals surface area contributed by atoms with Crippen molar-refractivity contribution in [3.05, 3.63) is 36.5 Å². The van der Waals surface area contributed by atoms with E-state index in [1.165, 1.54) is 0 Å². The average Bonchev–Trinajstić information content (AvgIpc) is 3.16. The summed E-state index contributed by atoms with van der Waals surface area (Å²) in [4.78, 5) is 8.94. The molecule has 21 heavy (non-hydrogen) atoms. The molecule has 4 heterocycles. The van der Waals surface area contributed by atoms with E-state index in [1.807, 2.05) is 30.3 Å². The molecule has 106 valence electrons. The fraction of sp³-hybridized carbons (Fsp3) is 0.267. The Kier molecular flexibility index (Phi) is 3.01. The summed E-state index contributed by atoms with van der Waals surface area (Å²) in [6.07, 6.45) is 2.88. The summed E-state index contributed by atoms with van der Waals surface area (Å²) in [7, 11) is 0. The molecule has 0 bridgehead atoms. The van der Waals surface area contributed by atoms with Gasteiger partial charge in [0.15, 0.2) is 5.65 Å². The zero-order valence-electron chi connectivity index (χ0n) is 11.5. The summed E-state index contributed by atoms with van der Waals surface area (Å²) >= 11 is 0. The highest BCUT2D eigenvalue weighted by atomic mass is 15.2. The number of aromatic nitrogens is 4. The number of rotatable bonds is 3. The minimum Gasteiger partial charge on any atom is -0.366 e. The van der Waals surface area contributed by atoms with E-state index in [0.29, 0.717) is 6.04 Å². The Morgan fingerprint density at radius 2 is 2.19 bits per heavy atom. The molecule has 1 atom stereocenters. The summed E-state index contributed by atoms with van der Waals surface area (Å²) < 4.78 is 0. The lowest BCUT2D eigenvalue weighted by Crippen LogP contribution is -2.22. The van der Waals surface area contributed by atoms with Gasteiger partial charge in [-0.05, 0) is 37.2 Å². The molecule has 0 radical (unpaired) electrons. The summed E-state index contributed by atoms with van der Waals surface area (Å²) in [6.45, 7) is 2.05. The highest BCUT2D eigenvalue weighted by molar-refractivity contribution is 5.89. The maximum Gasteiger partial charge on any atom is 0.155 e. The van der Waals surface area contributed by atoms with Crippen molar-refractivity contribution in [1.82, 2.24) is 25.5 Å². The van der Waals surface area contributed by atoms with E-state index in [2.05, 4.69) is 30.8 Å². The van der Waals surface area contributed by atoms with Crippen LogP contribution >= 0.6 is 0 Å². The van der Waals surface area contributed by atoms with Crippen molar-refractivity contribution < 1.29 is 0 Å². The van der Waals surface area contributed by atoms with Crippen molar-refractivity contribution in [2.24, 2.45) is 0 Å². The molecule has 0 aromatic carbocycles. The molecule has 1 unspecified atom stereocenters. The first-order valence-corrected chi connectivity index (χ1v) is 7.14. The molecule has 0 aliphatic carbocycles. The number of pyridine rings is 2. The van der Waals surface area contributed by atoms with Crippen molar-refractivity contribution in [3.8, 4) is 11.4 Å². The zero-order valence-corrected chi connectivity index (χ0v) is 11.5. The van der Waals surface area contributed by atoms with Crippen molar-refractivity contribution in [1.29, 1.82) is 0 Å². The van der Waals surface area contributed by atoms with Gasteiger partial charge in [-0.2, -0.15) is 5.10 Å². The van der Waals surface area contributed by atoms with Crippen molar-refractivity contribution >= 4 is 16.9 Å². The smallest absolute Gasteiger partial charge is 0.155 e. The third-order valence-corrected chi connectivity index (χ3v) is 3.74. The van der Waals surface area contributed by atoms with Crippen molar-refractivity contribution in [3.63, 3.8) is 0 Å². The Bertz CT molecular complexity index is 759. The number of hydrogen-bond acceptors (Lipinski definition) is 5. The molecule has 1 aliphatic rings. The van der Waals surface area contributed by atoms with Crippen LogP contribution in [-0.2, 0) is 0 Å². The van der Waals surface area contributed by atoms with E-state index in [0.717, 1.165) is 47.7 Å². The number of aromatic amines is 1. The summed E-state index contributed by atoms with van der Waals surface area (Å²) in [5.74, 6) is 0.890. The van der Waals surface area contributed by atoms with Gasteiger partial charge in [0.05, 0.1) is 5.69 Å². The van der Waals surface area contributed by atoms with Crippen LogP contribution in [0.5, 0.6) is 0 Å². The predicted molar refractivity (Wildman–Crippen MR) is 82.0 cm³/mol. The first kappa shape index (κ1) is 12.3. The van der Waals surface area contributed by atoms with Gasteiger partial charge in [-0.1, -0.05) is 6.07 Å². The topological polar surface area (TPSA) is 78.5 Å². The van der Waals surface area contributed by atoms with Crippen LogP contribution in [0.25, 0.3) is 22.4 Å². The second-order valence-corrected chi connectivity index (χ2v) is 5.21. The zero-order chi connectivity index (χ0) is 14.1. The fourth-order valence-corrected chi connectivity index (χ4v) is 2.68. The molecule has 3 aromatic heterocycles. The lowest BCUT2D eigenvalue weighted by Gasteiger charge is -2.12. The lowest BCUT2D eigenvalue weighted by molar-refractivity contribution is 0.788. The van der Waals surface area contributed by atoms with Gasteiger partial charge in [0.2, 0.25) is 0 Å². The van der Waals surface area contributed by atoms with Crippen LogP contribution in [0.4, 0.5) is 5.82 Å². The van der Waals surface area contributed by atoms with E-state index in [4.69, 9.17) is 0 Å². The maximum atomic E-state index is 4.68. The monoisotopic (exact) mass is 280 g/mol. The third kappa shape index (κ3) is 2.34. The maximum absolute atomic E-state index is 4.68. The Morgan fingerprint density at radius 3 is 3.10 bits per heavy atom. The van der Waals surface area contributed by atoms with Gasteiger partial charge in [0.1, 0.15) is 11.5 Å². The van der Waals surface area contributed by atoms with E-state index in [9.17, 15) is 0 Å². The molecule has 0 saturated carbocycles. The fourth-order valence-electron chi connectivity index (χ4n) is 2.68. The Morgan fingerprint density at radius 1 is 1.19 bits per heavy atom. The predicted octanol–water partition coefficient (Wildman–Crippen LogP) is 1.79. The standard InChI is InChI=1S/C15H16N6/c1-4-12(14-11-3-2-7-17-15(11)21-20-14)19-13(5-1)18-10-6-8-16-9-10/h1-5,7,10,16H,6,8-9H2,(H,18,19)(H,17,20,21). The largest absolute Gasteiger partial charge is 0.366 e. The molecule has 6 nitrogen and oxygen atoms in total. The Hall–Kier alpha value is -2.47. The number of anilines is 1. The average molecular weight is 280 g/mol. The van der Waals surface area contributed by atoms with Gasteiger partial charge in [0, 0.05) is 24.2 Å². The minimum atomic E-state index is 0.449. The van der Waals surface area contributed by atoms with Crippen LogP contribution in [-0.4, -0.2) is 39.3 Å². The molecular formula is C15H16N6. The van der Waals surface area contributed by atoms with E-state index in [1.54, 1.807) is 6.20 Å². The second-order valence-electron chi connectivity index (χ2n) is 5.21. The summed E-state index contributed by atoms with van der Waals surface area (Å²) in [5, 5.41) is 15.1. The van der Waals surface area contributed by atoms with E-state index in [-0.39, 0.29) is 0 Å². The number of hydrogen-bond donors (Lipinski definition) is 3. The van der Waals surface area contributed by atoms with Gasteiger partial charge in [-0.25, -0.2) is 9.97 Å². The molecule has 3 aromatic rings. The van der Waals surface area contributed by atoms with Gasteiger partial charge >= 0.3 is 0 Å². The van der Waals surface area contributed by atoms with E-state index < -0.39 is 0 Å². The number of nitrogens with one attached hydrogen (secondary N) is 3. The molecule has 3 N–H and O–H groups in total. The molecule has 1 fully saturated rings. The number of nitrogens with zero attached hydrogens (tertiary/aromatic N) is 3. The van der Waals surface area contributed by atoms with Crippen LogP contribution in [0.2, 0.25) is 0 Å². The first-order valence-electron chi connectivity index (χ1n) is 7.14. The van der Waals surface area contributed by atoms with Crippen LogP contribution in [0, 0.1) is 0 Å². The molecular weight excluding hydrogens is 264 g/mol. The van der Waals surface area contributed by atoms with Crippen LogP contribution in [0.15, 0.2) is 36.5 Å². The Balaban J connectivity index is 1.68. The van der Waals surface area contributed by atoms with Crippen molar-refractivity contribution in [2.75, 3.05) is 18.4 Å². The minimum absolute atomic E-state index is 0.449. The van der Waals surface area contributed by atoms with Crippen LogP contribution in [0.3, 0.4) is 0 Å². The Labute approximate surface area is 122 Å². The van der Waals surface area contributed by atoms with Gasteiger partial charge in [-0.3, -0.25) is 5.10 Å². The quantitative estimate of drug-likeness (QED) is 0.682. The first-order chi connectivity index (χ1) is 10.4. The molecule has 4 rings (SSSR count). The lowest BCUT2D eigenvalue weighted by atomic mass is 10.2. The molecule has 1 aliphatic heterocycles. The number of fused-ring (bicyclic) bond motifs is 1. The normalized spacial score (nSPS) is 18.2. The highest BCUT2D eigenvalue weighted by Gasteiger charge is 2.15. The summed E-state index contributed by atoms with van der Waals surface area (Å²) in [5.41, 5.74) is 2.48. The molecule has 6 heteroatoms. The molecule has 0 amide bonds. The summed E-state index contributed by atoms with van der Waals surface area (Å²) in [6, 6.07) is 10.3. The van der Waals surface area contributed by atoms with Gasteiger partial charge in [-0.15, -0.1) is 0 Å². The highest BCUT2D eigenvalue weighted by Crippen LogP contribution is 2.24. The van der Waals surface area contributed by atoms with Crippen LogP contribution < -0.4 is 10.6 Å². The van der Waals surface area contributed by atoms with Gasteiger partial charge in [0.25, 0.3) is 0 Å². The third-order valence-electron chi connectivity index (χ3n) is 3.74. The molecule has 1 saturated heterocycles. The SMILES string of the molecule is c1cc(NC2CCNC2)nc(-c2n[nH]c3ncccc23)c1. The van der Waals surface area contributed by atoms with Crippen molar-refractivity contribution in [2.45, 2.75) is 12.5 Å². The number of H-pyrrole nitrogens is 1. The van der Waals surface area contributed by atoms with Crippen LogP contribution in [0.1, 0.15) is 6.42 Å². The van der Waals surface area contributed by atoms with E-state index >= 15 is 0 Å². The van der Waals surface area contributed by atoms with Gasteiger partial charge < -0.3 is 10.6 Å².